The van der Waals surface area contributed by atoms with Crippen LogP contribution in [-0.2, 0) is 9.53 Å². The Balaban J connectivity index is 1.78. The minimum absolute atomic E-state index is 0.00307. The van der Waals surface area contributed by atoms with Gasteiger partial charge in [-0.3, -0.25) is 9.97 Å². The van der Waals surface area contributed by atoms with E-state index < -0.39 is 29.3 Å². The Labute approximate surface area is 173 Å². The number of nitrogens with zero attached hydrogens (tertiary/aromatic N) is 2. The van der Waals surface area contributed by atoms with Crippen molar-refractivity contribution in [2.45, 2.75) is 5.92 Å². The highest BCUT2D eigenvalue weighted by atomic mass is 19.2. The number of carbonyl (C=O) groups is 1. The van der Waals surface area contributed by atoms with E-state index in [2.05, 4.69) is 15.3 Å². The summed E-state index contributed by atoms with van der Waals surface area (Å²) in [4.78, 5) is 21.6. The highest BCUT2D eigenvalue weighted by Crippen LogP contribution is 2.50. The van der Waals surface area contributed by atoms with Gasteiger partial charge in [0.15, 0.2) is 17.5 Å². The largest absolute Gasteiger partial charge is 0.456 e. The van der Waals surface area contributed by atoms with Gasteiger partial charge in [0, 0.05) is 29.1 Å². The van der Waals surface area contributed by atoms with Crippen LogP contribution in [0.1, 0.15) is 17.0 Å². The average Bonchev–Trinajstić information content (AvgIpc) is 3.16. The first-order valence-corrected chi connectivity index (χ1v) is 9.51. The van der Waals surface area contributed by atoms with E-state index in [4.69, 9.17) is 4.74 Å². The molecule has 0 saturated carbocycles. The van der Waals surface area contributed by atoms with E-state index in [1.54, 1.807) is 24.5 Å². The van der Waals surface area contributed by atoms with Gasteiger partial charge < -0.3 is 10.1 Å². The van der Waals surface area contributed by atoms with Crippen LogP contribution < -0.4 is 5.32 Å². The Bertz CT molecular complexity index is 1460. The predicted molar refractivity (Wildman–Crippen MR) is 107 cm³/mol. The maximum atomic E-state index is 14.2. The van der Waals surface area contributed by atoms with Crippen LogP contribution in [0, 0.1) is 17.5 Å². The summed E-state index contributed by atoms with van der Waals surface area (Å²) >= 11 is 0. The topological polar surface area (TPSA) is 64.1 Å². The quantitative estimate of drug-likeness (QED) is 0.278. The standard InChI is InChI=1S/C23H12F3N3O2/c24-13-7-10(8-14(25)19(13)26)16-17-11-3-1-5-27-21(11)22-12(4-2-6-28-22)20(17)29-15-9-31-23(30)18(15)16/h1-8,16,29H,9H2. The van der Waals surface area contributed by atoms with Gasteiger partial charge in [0.05, 0.1) is 28.0 Å². The molecule has 0 saturated heterocycles. The molecule has 2 aromatic carbocycles. The lowest BCUT2D eigenvalue weighted by atomic mass is 9.78. The zero-order valence-corrected chi connectivity index (χ0v) is 15.7. The smallest absolute Gasteiger partial charge is 0.337 e. The Morgan fingerprint density at radius 1 is 0.968 bits per heavy atom. The third kappa shape index (κ3) is 2.41. The molecule has 0 spiro atoms. The second kappa shape index (κ2) is 6.28. The first kappa shape index (κ1) is 17.9. The second-order valence-electron chi connectivity index (χ2n) is 7.41. The van der Waals surface area contributed by atoms with Crippen LogP contribution >= 0.6 is 0 Å². The number of anilines is 1. The van der Waals surface area contributed by atoms with E-state index in [-0.39, 0.29) is 17.7 Å². The number of pyridine rings is 2. The Hall–Kier alpha value is -3.94. The maximum absolute atomic E-state index is 14.2. The fourth-order valence-electron chi connectivity index (χ4n) is 4.50. The molecule has 2 aliphatic rings. The molecule has 2 aromatic heterocycles. The van der Waals surface area contributed by atoms with Gasteiger partial charge in [0.25, 0.3) is 0 Å². The minimum atomic E-state index is -1.56. The normalized spacial score (nSPS) is 17.5. The molecule has 5 nitrogen and oxygen atoms in total. The van der Waals surface area contributed by atoms with E-state index in [1.165, 1.54) is 0 Å². The van der Waals surface area contributed by atoms with Crippen LogP contribution in [0.3, 0.4) is 0 Å². The van der Waals surface area contributed by atoms with Gasteiger partial charge in [0.2, 0.25) is 0 Å². The molecule has 4 aromatic rings. The highest BCUT2D eigenvalue weighted by molar-refractivity contribution is 6.14. The molecule has 6 rings (SSSR count). The van der Waals surface area contributed by atoms with Gasteiger partial charge in [-0.1, -0.05) is 6.07 Å². The highest BCUT2D eigenvalue weighted by Gasteiger charge is 2.41. The molecule has 0 bridgehead atoms. The molecular formula is C23H12F3N3O2. The van der Waals surface area contributed by atoms with Crippen molar-refractivity contribution in [1.82, 2.24) is 9.97 Å². The lowest BCUT2D eigenvalue weighted by Gasteiger charge is -2.29. The molecule has 8 heteroatoms. The number of cyclic esters (lactones) is 1. The number of halogens is 3. The molecule has 0 radical (unpaired) electrons. The van der Waals surface area contributed by atoms with Crippen molar-refractivity contribution in [2.24, 2.45) is 0 Å². The molecular weight excluding hydrogens is 407 g/mol. The zero-order valence-electron chi connectivity index (χ0n) is 15.7. The molecule has 2 aliphatic heterocycles. The Kier molecular flexibility index (Phi) is 3.62. The summed E-state index contributed by atoms with van der Waals surface area (Å²) in [5.41, 5.74) is 3.34. The minimum Gasteiger partial charge on any atom is -0.456 e. The molecule has 1 N–H and O–H groups in total. The number of hydrogen-bond acceptors (Lipinski definition) is 5. The molecule has 1 unspecified atom stereocenters. The number of hydrogen-bond donors (Lipinski definition) is 1. The second-order valence-corrected chi connectivity index (χ2v) is 7.41. The number of carbonyl (C=O) groups excluding carboxylic acids is 1. The van der Waals surface area contributed by atoms with Gasteiger partial charge in [-0.25, -0.2) is 18.0 Å². The summed E-state index contributed by atoms with van der Waals surface area (Å²) in [6, 6.07) is 9.01. The van der Waals surface area contributed by atoms with Crippen LogP contribution in [0.15, 0.2) is 60.1 Å². The number of ether oxygens (including phenoxy) is 1. The fourth-order valence-corrected chi connectivity index (χ4v) is 4.50. The summed E-state index contributed by atoms with van der Waals surface area (Å²) in [6.07, 6.45) is 3.28. The van der Waals surface area contributed by atoms with Gasteiger partial charge in [-0.05, 0) is 41.5 Å². The third-order valence-corrected chi connectivity index (χ3v) is 5.75. The van der Waals surface area contributed by atoms with Crippen molar-refractivity contribution in [3.8, 4) is 0 Å². The van der Waals surface area contributed by atoms with E-state index in [0.717, 1.165) is 17.5 Å². The summed E-state index contributed by atoms with van der Waals surface area (Å²) in [5.74, 6) is -5.67. The van der Waals surface area contributed by atoms with Crippen LogP contribution in [0.2, 0.25) is 0 Å². The molecule has 0 amide bonds. The van der Waals surface area contributed by atoms with Crippen LogP contribution in [0.5, 0.6) is 0 Å². The molecule has 0 aliphatic carbocycles. The summed E-state index contributed by atoms with van der Waals surface area (Å²) in [6.45, 7) is 0.00307. The monoisotopic (exact) mass is 419 g/mol. The molecule has 31 heavy (non-hydrogen) atoms. The lowest BCUT2D eigenvalue weighted by molar-refractivity contribution is -0.136. The Morgan fingerprint density at radius 2 is 1.61 bits per heavy atom. The van der Waals surface area contributed by atoms with Crippen LogP contribution in [0.4, 0.5) is 18.9 Å². The summed E-state index contributed by atoms with van der Waals surface area (Å²) in [5, 5.41) is 4.67. The molecule has 4 heterocycles. The number of benzene rings is 2. The number of nitrogens with one attached hydrogen (secondary N) is 1. The van der Waals surface area contributed by atoms with Gasteiger partial charge in [0.1, 0.15) is 6.61 Å². The van der Waals surface area contributed by atoms with Crippen molar-refractivity contribution in [2.75, 3.05) is 11.9 Å². The predicted octanol–water partition coefficient (Wildman–Crippen LogP) is 4.57. The van der Waals surface area contributed by atoms with Crippen molar-refractivity contribution < 1.29 is 22.7 Å². The van der Waals surface area contributed by atoms with Crippen molar-refractivity contribution >= 4 is 33.5 Å². The zero-order chi connectivity index (χ0) is 21.3. The van der Waals surface area contributed by atoms with Gasteiger partial charge >= 0.3 is 5.97 Å². The molecule has 152 valence electrons. The summed E-state index contributed by atoms with van der Waals surface area (Å²) in [7, 11) is 0. The van der Waals surface area contributed by atoms with Crippen molar-refractivity contribution in [3.63, 3.8) is 0 Å². The molecule has 0 fully saturated rings. The van der Waals surface area contributed by atoms with E-state index in [1.807, 2.05) is 12.1 Å². The number of esters is 1. The number of fused-ring (bicyclic) bond motifs is 6. The van der Waals surface area contributed by atoms with Gasteiger partial charge in [-0.2, -0.15) is 0 Å². The van der Waals surface area contributed by atoms with Crippen molar-refractivity contribution in [3.05, 3.63) is 88.6 Å². The van der Waals surface area contributed by atoms with Gasteiger partial charge in [-0.15, -0.1) is 0 Å². The maximum Gasteiger partial charge on any atom is 0.337 e. The average molecular weight is 419 g/mol. The van der Waals surface area contributed by atoms with Crippen LogP contribution in [-0.4, -0.2) is 22.5 Å². The third-order valence-electron chi connectivity index (χ3n) is 5.75. The number of rotatable bonds is 1. The van der Waals surface area contributed by atoms with Crippen LogP contribution in [0.25, 0.3) is 21.8 Å². The lowest BCUT2D eigenvalue weighted by Crippen LogP contribution is -2.21. The first-order valence-electron chi connectivity index (χ1n) is 9.51. The SMILES string of the molecule is O=C1OCC2=C1C(c1cc(F)c(F)c(F)c1)c1c(c3cccnc3c3ncccc13)N2. The fraction of sp³-hybridized carbons (Fsp3) is 0.0870. The molecule has 1 atom stereocenters. The number of aromatic nitrogens is 2. The first-order chi connectivity index (χ1) is 15.0. The van der Waals surface area contributed by atoms with E-state index in [9.17, 15) is 18.0 Å². The summed E-state index contributed by atoms with van der Waals surface area (Å²) < 4.78 is 47.3. The van der Waals surface area contributed by atoms with E-state index >= 15 is 0 Å². The van der Waals surface area contributed by atoms with Crippen molar-refractivity contribution in [1.29, 1.82) is 0 Å². The van der Waals surface area contributed by atoms with E-state index in [0.29, 0.717) is 33.4 Å². The Morgan fingerprint density at radius 3 is 2.32 bits per heavy atom.